The lowest BCUT2D eigenvalue weighted by Crippen LogP contribution is -2.20. The molecule has 162 valence electrons. The standard InChI is InChI=1S/C24H21ClN4O3/c1-15-5-4-12-29-22(30)13-18(26-23(15)29)14-32-19-10-8-17(9-11-19)27-24(31)28-21-7-3-6-20(25)16(21)2/h3-13H,14H2,1-2H3,(H2,27,28,31). The Labute approximate surface area is 189 Å². The summed E-state index contributed by atoms with van der Waals surface area (Å²) in [6.07, 6.45) is 1.69. The van der Waals surface area contributed by atoms with Gasteiger partial charge in [-0.15, -0.1) is 0 Å². The van der Waals surface area contributed by atoms with Crippen molar-refractivity contribution in [2.75, 3.05) is 10.6 Å². The number of aryl methyl sites for hydroxylation is 1. The van der Waals surface area contributed by atoms with Crippen molar-refractivity contribution in [3.05, 3.63) is 99.1 Å². The largest absolute Gasteiger partial charge is 0.487 e. The fraction of sp³-hybridized carbons (Fsp3) is 0.125. The molecule has 2 heterocycles. The van der Waals surface area contributed by atoms with Crippen molar-refractivity contribution >= 4 is 34.7 Å². The summed E-state index contributed by atoms with van der Waals surface area (Å²) < 4.78 is 7.28. The highest BCUT2D eigenvalue weighted by atomic mass is 35.5. The van der Waals surface area contributed by atoms with Crippen LogP contribution in [0.25, 0.3) is 5.65 Å². The quantitative estimate of drug-likeness (QED) is 0.440. The number of nitrogens with zero attached hydrogens (tertiary/aromatic N) is 2. The number of hydrogen-bond donors (Lipinski definition) is 2. The third-order valence-electron chi connectivity index (χ3n) is 4.95. The van der Waals surface area contributed by atoms with E-state index in [4.69, 9.17) is 16.3 Å². The zero-order chi connectivity index (χ0) is 22.7. The molecule has 0 aliphatic heterocycles. The zero-order valence-corrected chi connectivity index (χ0v) is 18.3. The number of pyridine rings is 1. The molecule has 2 N–H and O–H groups in total. The molecular formula is C24H21ClN4O3. The molecule has 0 unspecified atom stereocenters. The monoisotopic (exact) mass is 448 g/mol. The van der Waals surface area contributed by atoms with E-state index in [2.05, 4.69) is 15.6 Å². The molecule has 2 aromatic heterocycles. The summed E-state index contributed by atoms with van der Waals surface area (Å²) in [5.74, 6) is 0.591. The second kappa shape index (κ2) is 9.11. The first-order chi connectivity index (χ1) is 15.4. The van der Waals surface area contributed by atoms with Crippen LogP contribution in [0.3, 0.4) is 0 Å². The molecule has 0 bridgehead atoms. The van der Waals surface area contributed by atoms with E-state index >= 15 is 0 Å². The molecule has 0 radical (unpaired) electrons. The van der Waals surface area contributed by atoms with Crippen LogP contribution in [0.5, 0.6) is 5.75 Å². The van der Waals surface area contributed by atoms with Crippen LogP contribution in [-0.2, 0) is 6.61 Å². The molecule has 7 nitrogen and oxygen atoms in total. The minimum Gasteiger partial charge on any atom is -0.487 e. The SMILES string of the molecule is Cc1c(Cl)cccc1NC(=O)Nc1ccc(OCc2cc(=O)n3cccc(C)c3n2)cc1. The summed E-state index contributed by atoms with van der Waals surface area (Å²) in [6, 6.07) is 17.1. The third kappa shape index (κ3) is 4.73. The molecule has 8 heteroatoms. The maximum absolute atomic E-state index is 12.3. The van der Waals surface area contributed by atoms with Gasteiger partial charge in [0.1, 0.15) is 18.0 Å². The molecule has 32 heavy (non-hydrogen) atoms. The lowest BCUT2D eigenvalue weighted by Gasteiger charge is -2.11. The van der Waals surface area contributed by atoms with E-state index in [1.165, 1.54) is 10.5 Å². The van der Waals surface area contributed by atoms with Crippen molar-refractivity contribution in [1.29, 1.82) is 0 Å². The van der Waals surface area contributed by atoms with Gasteiger partial charge in [-0.2, -0.15) is 0 Å². The Balaban J connectivity index is 1.38. The van der Waals surface area contributed by atoms with Crippen molar-refractivity contribution in [2.45, 2.75) is 20.5 Å². The zero-order valence-electron chi connectivity index (χ0n) is 17.6. The van der Waals surface area contributed by atoms with Crippen LogP contribution in [0.2, 0.25) is 5.02 Å². The topological polar surface area (TPSA) is 84.7 Å². The number of aromatic nitrogens is 2. The van der Waals surface area contributed by atoms with E-state index in [9.17, 15) is 9.59 Å². The van der Waals surface area contributed by atoms with Gasteiger partial charge in [0, 0.05) is 28.7 Å². The van der Waals surface area contributed by atoms with Gasteiger partial charge in [0.2, 0.25) is 0 Å². The molecule has 0 atom stereocenters. The Hall–Kier alpha value is -3.84. The number of nitrogens with one attached hydrogen (secondary N) is 2. The highest BCUT2D eigenvalue weighted by molar-refractivity contribution is 6.31. The molecular weight excluding hydrogens is 428 g/mol. The molecule has 0 aliphatic rings. The Morgan fingerprint density at radius 1 is 1.06 bits per heavy atom. The summed E-state index contributed by atoms with van der Waals surface area (Å²) in [6.45, 7) is 3.90. The summed E-state index contributed by atoms with van der Waals surface area (Å²) in [4.78, 5) is 29.1. The van der Waals surface area contributed by atoms with E-state index in [0.717, 1.165) is 11.1 Å². The van der Waals surface area contributed by atoms with Crippen LogP contribution in [0.4, 0.5) is 16.2 Å². The molecule has 2 amide bonds. The number of amides is 2. The maximum Gasteiger partial charge on any atom is 0.323 e. The normalized spacial score (nSPS) is 10.7. The smallest absolute Gasteiger partial charge is 0.323 e. The molecule has 0 saturated heterocycles. The molecule has 2 aromatic carbocycles. The number of benzene rings is 2. The maximum atomic E-state index is 12.3. The van der Waals surface area contributed by atoms with Crippen LogP contribution in [0.1, 0.15) is 16.8 Å². The highest BCUT2D eigenvalue weighted by Gasteiger charge is 2.08. The number of anilines is 2. The summed E-state index contributed by atoms with van der Waals surface area (Å²) in [7, 11) is 0. The Bertz CT molecular complexity index is 1350. The Morgan fingerprint density at radius 3 is 2.62 bits per heavy atom. The van der Waals surface area contributed by atoms with Gasteiger partial charge in [0.15, 0.2) is 0 Å². The van der Waals surface area contributed by atoms with Crippen molar-refractivity contribution in [1.82, 2.24) is 9.38 Å². The number of hydrogen-bond acceptors (Lipinski definition) is 4. The van der Waals surface area contributed by atoms with Gasteiger partial charge in [0.05, 0.1) is 5.69 Å². The van der Waals surface area contributed by atoms with E-state index in [0.29, 0.717) is 33.5 Å². The minimum absolute atomic E-state index is 0.154. The van der Waals surface area contributed by atoms with E-state index < -0.39 is 0 Å². The first-order valence-electron chi connectivity index (χ1n) is 9.94. The lowest BCUT2D eigenvalue weighted by molar-refractivity contribution is 0.262. The minimum atomic E-state index is -0.375. The molecule has 0 spiro atoms. The number of carbonyl (C=O) groups excluding carboxylic acids is 1. The van der Waals surface area contributed by atoms with Gasteiger partial charge in [0.25, 0.3) is 5.56 Å². The number of halogens is 1. The van der Waals surface area contributed by atoms with Gasteiger partial charge >= 0.3 is 6.03 Å². The molecule has 4 aromatic rings. The Kier molecular flexibility index (Phi) is 6.09. The number of urea groups is 1. The second-order valence-electron chi connectivity index (χ2n) is 7.28. The van der Waals surface area contributed by atoms with E-state index in [1.54, 1.807) is 48.7 Å². The number of rotatable bonds is 5. The van der Waals surface area contributed by atoms with Gasteiger partial charge in [-0.1, -0.05) is 23.7 Å². The van der Waals surface area contributed by atoms with Gasteiger partial charge in [-0.3, -0.25) is 9.20 Å². The predicted octanol–water partition coefficient (Wildman–Crippen LogP) is 5.19. The van der Waals surface area contributed by atoms with E-state index in [-0.39, 0.29) is 18.2 Å². The van der Waals surface area contributed by atoms with Crippen LogP contribution in [0, 0.1) is 13.8 Å². The highest BCUT2D eigenvalue weighted by Crippen LogP contribution is 2.23. The fourth-order valence-corrected chi connectivity index (χ4v) is 3.38. The van der Waals surface area contributed by atoms with Crippen LogP contribution < -0.4 is 20.9 Å². The summed E-state index contributed by atoms with van der Waals surface area (Å²) >= 11 is 6.09. The third-order valence-corrected chi connectivity index (χ3v) is 5.36. The molecule has 4 rings (SSSR count). The first-order valence-corrected chi connectivity index (χ1v) is 10.3. The van der Waals surface area contributed by atoms with Gasteiger partial charge in [-0.05, 0) is 67.4 Å². The molecule has 0 saturated carbocycles. The van der Waals surface area contributed by atoms with E-state index in [1.807, 2.05) is 26.0 Å². The average molecular weight is 449 g/mol. The lowest BCUT2D eigenvalue weighted by atomic mass is 10.2. The second-order valence-corrected chi connectivity index (χ2v) is 7.68. The van der Waals surface area contributed by atoms with Crippen LogP contribution in [0.15, 0.2) is 71.7 Å². The first kappa shape index (κ1) is 21.4. The fourth-order valence-electron chi connectivity index (χ4n) is 3.20. The molecule has 0 aliphatic carbocycles. The Morgan fingerprint density at radius 2 is 1.84 bits per heavy atom. The number of ether oxygens (including phenoxy) is 1. The van der Waals surface area contributed by atoms with Gasteiger partial charge in [-0.25, -0.2) is 9.78 Å². The number of fused-ring (bicyclic) bond motifs is 1. The number of carbonyl (C=O) groups is 1. The van der Waals surface area contributed by atoms with Crippen LogP contribution >= 0.6 is 11.6 Å². The van der Waals surface area contributed by atoms with Crippen molar-refractivity contribution in [3.8, 4) is 5.75 Å². The van der Waals surface area contributed by atoms with Crippen molar-refractivity contribution in [3.63, 3.8) is 0 Å². The predicted molar refractivity (Wildman–Crippen MR) is 126 cm³/mol. The van der Waals surface area contributed by atoms with Gasteiger partial charge < -0.3 is 15.4 Å². The molecule has 0 fully saturated rings. The summed E-state index contributed by atoms with van der Waals surface area (Å²) in [5, 5.41) is 6.13. The van der Waals surface area contributed by atoms with Crippen molar-refractivity contribution in [2.24, 2.45) is 0 Å². The van der Waals surface area contributed by atoms with Crippen LogP contribution in [-0.4, -0.2) is 15.4 Å². The summed E-state index contributed by atoms with van der Waals surface area (Å²) in [5.41, 5.74) is 3.95. The average Bonchev–Trinajstić information content (AvgIpc) is 2.77. The van der Waals surface area contributed by atoms with Crippen molar-refractivity contribution < 1.29 is 9.53 Å².